The van der Waals surface area contributed by atoms with Gasteiger partial charge in [0, 0.05) is 24.2 Å². The van der Waals surface area contributed by atoms with Crippen LogP contribution in [0.15, 0.2) is 48.5 Å². The number of benzene rings is 2. The number of hydrogen-bond donors (Lipinski definition) is 2. The Kier molecular flexibility index (Phi) is 6.10. The molecule has 0 saturated carbocycles. The van der Waals surface area contributed by atoms with E-state index in [0.29, 0.717) is 18.7 Å². The van der Waals surface area contributed by atoms with Gasteiger partial charge in [0.2, 0.25) is 5.91 Å². The number of carbonyl (C=O) groups is 1. The standard InChI is InChI=1S/C20H24N2O/c1-3-4-9-20(23)22-14-16-10-12-17(13-11-16)19-8-6-5-7-18(19)15(2)21/h5-8,10-13,21H,3-4,9,14H2,1-2H3,(H,22,23). The van der Waals surface area contributed by atoms with Crippen LogP contribution < -0.4 is 5.32 Å². The molecule has 0 heterocycles. The van der Waals surface area contributed by atoms with Crippen LogP contribution in [-0.2, 0) is 11.3 Å². The second kappa shape index (κ2) is 8.28. The van der Waals surface area contributed by atoms with Gasteiger partial charge in [0.05, 0.1) is 0 Å². The van der Waals surface area contributed by atoms with Crippen LogP contribution in [0.25, 0.3) is 11.1 Å². The maximum atomic E-state index is 11.6. The Morgan fingerprint density at radius 2 is 1.78 bits per heavy atom. The average Bonchev–Trinajstić information content (AvgIpc) is 2.58. The van der Waals surface area contributed by atoms with Crippen molar-refractivity contribution in [2.45, 2.75) is 39.7 Å². The number of carbonyl (C=O) groups excluding carboxylic acids is 1. The van der Waals surface area contributed by atoms with Crippen LogP contribution in [0.1, 0.15) is 44.2 Å². The molecule has 0 aromatic heterocycles. The quantitative estimate of drug-likeness (QED) is 0.724. The first-order chi connectivity index (χ1) is 11.1. The monoisotopic (exact) mass is 308 g/mol. The minimum atomic E-state index is 0.112. The Hall–Kier alpha value is -2.42. The van der Waals surface area contributed by atoms with Gasteiger partial charge in [-0.05, 0) is 30.0 Å². The van der Waals surface area contributed by atoms with E-state index in [2.05, 4.69) is 24.4 Å². The molecule has 2 aromatic carbocycles. The molecular weight excluding hydrogens is 284 g/mol. The molecule has 0 radical (unpaired) electrons. The molecule has 0 spiro atoms. The molecule has 0 unspecified atom stereocenters. The predicted octanol–water partition coefficient (Wildman–Crippen LogP) is 4.55. The van der Waals surface area contributed by atoms with Gasteiger partial charge in [-0.25, -0.2) is 0 Å². The van der Waals surface area contributed by atoms with Crippen LogP contribution in [0.4, 0.5) is 0 Å². The van der Waals surface area contributed by atoms with Gasteiger partial charge in [-0.2, -0.15) is 0 Å². The molecule has 23 heavy (non-hydrogen) atoms. The number of amides is 1. The van der Waals surface area contributed by atoms with Crippen molar-refractivity contribution in [3.05, 3.63) is 59.7 Å². The normalized spacial score (nSPS) is 10.3. The number of rotatable bonds is 7. The lowest BCUT2D eigenvalue weighted by atomic mass is 9.96. The summed E-state index contributed by atoms with van der Waals surface area (Å²) in [5, 5.41) is 10.8. The van der Waals surface area contributed by atoms with E-state index >= 15 is 0 Å². The maximum Gasteiger partial charge on any atom is 0.220 e. The molecule has 2 aromatic rings. The van der Waals surface area contributed by atoms with Gasteiger partial charge >= 0.3 is 0 Å². The molecule has 0 atom stereocenters. The zero-order valence-corrected chi connectivity index (χ0v) is 13.9. The second-order valence-corrected chi connectivity index (χ2v) is 5.75. The fourth-order valence-electron chi connectivity index (χ4n) is 2.49. The van der Waals surface area contributed by atoms with Crippen LogP contribution in [0.2, 0.25) is 0 Å². The maximum absolute atomic E-state index is 11.6. The molecule has 3 nitrogen and oxygen atoms in total. The van der Waals surface area contributed by atoms with Gasteiger partial charge in [-0.3, -0.25) is 4.79 Å². The molecule has 2 N–H and O–H groups in total. The first kappa shape index (κ1) is 16.9. The summed E-state index contributed by atoms with van der Waals surface area (Å²) in [5.41, 5.74) is 4.76. The largest absolute Gasteiger partial charge is 0.352 e. The van der Waals surface area contributed by atoms with Crippen molar-refractivity contribution in [2.75, 3.05) is 0 Å². The lowest BCUT2D eigenvalue weighted by molar-refractivity contribution is -0.121. The smallest absolute Gasteiger partial charge is 0.220 e. The van der Waals surface area contributed by atoms with E-state index in [1.165, 1.54) is 0 Å². The Labute approximate surface area is 138 Å². The average molecular weight is 308 g/mol. The van der Waals surface area contributed by atoms with Crippen molar-refractivity contribution >= 4 is 11.6 Å². The van der Waals surface area contributed by atoms with Crippen molar-refractivity contribution in [1.82, 2.24) is 5.32 Å². The molecular formula is C20H24N2O. The van der Waals surface area contributed by atoms with E-state index in [4.69, 9.17) is 5.41 Å². The number of unbranched alkanes of at least 4 members (excludes halogenated alkanes) is 1. The Bertz CT molecular complexity index is 674. The summed E-state index contributed by atoms with van der Waals surface area (Å²) >= 11 is 0. The molecule has 120 valence electrons. The molecule has 0 fully saturated rings. The highest BCUT2D eigenvalue weighted by Gasteiger charge is 2.06. The zero-order valence-electron chi connectivity index (χ0n) is 13.9. The van der Waals surface area contributed by atoms with Crippen LogP contribution in [0.3, 0.4) is 0 Å². The van der Waals surface area contributed by atoms with Crippen molar-refractivity contribution in [3.63, 3.8) is 0 Å². The van der Waals surface area contributed by atoms with E-state index in [1.807, 2.05) is 36.4 Å². The van der Waals surface area contributed by atoms with Gasteiger partial charge in [0.1, 0.15) is 0 Å². The molecule has 0 aliphatic heterocycles. The lowest BCUT2D eigenvalue weighted by Gasteiger charge is -2.10. The molecule has 0 aliphatic rings. The number of hydrogen-bond acceptors (Lipinski definition) is 2. The second-order valence-electron chi connectivity index (χ2n) is 5.75. The summed E-state index contributed by atoms with van der Waals surface area (Å²) in [6.45, 7) is 4.45. The Morgan fingerprint density at radius 1 is 1.09 bits per heavy atom. The minimum Gasteiger partial charge on any atom is -0.352 e. The summed E-state index contributed by atoms with van der Waals surface area (Å²) in [5.74, 6) is 0.112. The van der Waals surface area contributed by atoms with Gasteiger partial charge in [0.25, 0.3) is 0 Å². The number of nitrogens with one attached hydrogen (secondary N) is 2. The van der Waals surface area contributed by atoms with E-state index in [1.54, 1.807) is 6.92 Å². The predicted molar refractivity (Wildman–Crippen MR) is 95.8 cm³/mol. The van der Waals surface area contributed by atoms with Gasteiger partial charge in [0.15, 0.2) is 0 Å². The Balaban J connectivity index is 2.05. The van der Waals surface area contributed by atoms with Gasteiger partial charge < -0.3 is 10.7 Å². The highest BCUT2D eigenvalue weighted by Crippen LogP contribution is 2.24. The third-order valence-electron chi connectivity index (χ3n) is 3.84. The molecule has 1 amide bonds. The summed E-state index contributed by atoms with van der Waals surface area (Å²) in [4.78, 5) is 11.6. The third-order valence-corrected chi connectivity index (χ3v) is 3.84. The summed E-state index contributed by atoms with van der Waals surface area (Å²) in [6.07, 6.45) is 2.57. The van der Waals surface area contributed by atoms with Gasteiger partial charge in [-0.15, -0.1) is 0 Å². The molecule has 2 rings (SSSR count). The lowest BCUT2D eigenvalue weighted by Crippen LogP contribution is -2.22. The van der Waals surface area contributed by atoms with Crippen molar-refractivity contribution in [1.29, 1.82) is 5.41 Å². The van der Waals surface area contributed by atoms with Crippen LogP contribution in [0.5, 0.6) is 0 Å². The molecule has 0 bridgehead atoms. The van der Waals surface area contributed by atoms with E-state index < -0.39 is 0 Å². The molecule has 0 aliphatic carbocycles. The summed E-state index contributed by atoms with van der Waals surface area (Å²) in [7, 11) is 0. The van der Waals surface area contributed by atoms with E-state index in [9.17, 15) is 4.79 Å². The first-order valence-electron chi connectivity index (χ1n) is 8.12. The summed E-state index contributed by atoms with van der Waals surface area (Å²) in [6, 6.07) is 16.1. The topological polar surface area (TPSA) is 53.0 Å². The van der Waals surface area contributed by atoms with Gasteiger partial charge in [-0.1, -0.05) is 61.9 Å². The molecule has 3 heteroatoms. The van der Waals surface area contributed by atoms with Crippen molar-refractivity contribution in [2.24, 2.45) is 0 Å². The van der Waals surface area contributed by atoms with E-state index in [-0.39, 0.29) is 5.91 Å². The SMILES string of the molecule is CCCCC(=O)NCc1ccc(-c2ccccc2C(C)=N)cc1. The van der Waals surface area contributed by atoms with E-state index in [0.717, 1.165) is 35.1 Å². The van der Waals surface area contributed by atoms with Crippen LogP contribution in [0, 0.1) is 5.41 Å². The first-order valence-corrected chi connectivity index (χ1v) is 8.12. The minimum absolute atomic E-state index is 0.112. The van der Waals surface area contributed by atoms with Crippen molar-refractivity contribution in [3.8, 4) is 11.1 Å². The van der Waals surface area contributed by atoms with Crippen LogP contribution >= 0.6 is 0 Å². The van der Waals surface area contributed by atoms with Crippen molar-refractivity contribution < 1.29 is 4.79 Å². The molecule has 0 saturated heterocycles. The van der Waals surface area contributed by atoms with Crippen LogP contribution in [-0.4, -0.2) is 11.6 Å². The highest BCUT2D eigenvalue weighted by molar-refractivity contribution is 6.02. The zero-order chi connectivity index (χ0) is 16.7. The Morgan fingerprint density at radius 3 is 2.43 bits per heavy atom. The highest BCUT2D eigenvalue weighted by atomic mass is 16.1. The third kappa shape index (κ3) is 4.78. The summed E-state index contributed by atoms with van der Waals surface area (Å²) < 4.78 is 0. The fourth-order valence-corrected chi connectivity index (χ4v) is 2.49. The fraction of sp³-hybridized carbons (Fsp3) is 0.300.